The monoisotopic (exact) mass is 327 g/mol. The average Bonchev–Trinajstić information content (AvgIpc) is 2.46. The van der Waals surface area contributed by atoms with Gasteiger partial charge in [-0.15, -0.1) is 0 Å². The van der Waals surface area contributed by atoms with Gasteiger partial charge in [-0.2, -0.15) is 0 Å². The number of benzene rings is 1. The molecule has 0 bridgehead atoms. The number of nitrogens with two attached hydrogens (primary N) is 1. The maximum atomic E-state index is 11.9. The summed E-state index contributed by atoms with van der Waals surface area (Å²) in [4.78, 5) is 23.8. The highest BCUT2D eigenvalue weighted by atomic mass is 35.5. The van der Waals surface area contributed by atoms with Gasteiger partial charge < -0.3 is 21.1 Å². The first kappa shape index (κ1) is 18.4. The maximum Gasteiger partial charge on any atom is 0.252 e. The molecule has 0 fully saturated rings. The van der Waals surface area contributed by atoms with Gasteiger partial charge in [-0.1, -0.05) is 25.4 Å². The molecule has 6 nitrogen and oxygen atoms in total. The predicted molar refractivity (Wildman–Crippen MR) is 87.1 cm³/mol. The number of methoxy groups -OCH3 is 1. The predicted octanol–water partition coefficient (Wildman–Crippen LogP) is 1.64. The van der Waals surface area contributed by atoms with E-state index in [1.165, 1.54) is 6.07 Å². The zero-order chi connectivity index (χ0) is 16.7. The van der Waals surface area contributed by atoms with Crippen LogP contribution < -0.4 is 16.4 Å². The molecule has 0 spiro atoms. The van der Waals surface area contributed by atoms with E-state index >= 15 is 0 Å². The molecule has 0 aromatic heterocycles. The van der Waals surface area contributed by atoms with Crippen LogP contribution in [0.5, 0.6) is 0 Å². The van der Waals surface area contributed by atoms with E-state index in [1.54, 1.807) is 19.2 Å². The zero-order valence-corrected chi connectivity index (χ0v) is 13.7. The first-order valence-corrected chi connectivity index (χ1v) is 7.37. The Balaban J connectivity index is 2.73. The zero-order valence-electron chi connectivity index (χ0n) is 13.0. The van der Waals surface area contributed by atoms with Gasteiger partial charge >= 0.3 is 0 Å². The number of halogens is 1. The normalized spacial score (nSPS) is 12.1. The Morgan fingerprint density at radius 1 is 1.36 bits per heavy atom. The van der Waals surface area contributed by atoms with Gasteiger partial charge in [0.15, 0.2) is 0 Å². The summed E-state index contributed by atoms with van der Waals surface area (Å²) in [6.45, 7) is 4.55. The largest absolute Gasteiger partial charge is 0.383 e. The van der Waals surface area contributed by atoms with Crippen molar-refractivity contribution in [1.29, 1.82) is 0 Å². The molecular weight excluding hydrogens is 306 g/mol. The summed E-state index contributed by atoms with van der Waals surface area (Å²) in [5.74, 6) is -0.552. The molecule has 122 valence electrons. The summed E-state index contributed by atoms with van der Waals surface area (Å²) in [7, 11) is 1.55. The number of carbonyl (C=O) groups excluding carboxylic acids is 2. The van der Waals surface area contributed by atoms with E-state index in [4.69, 9.17) is 22.1 Å². The lowest BCUT2D eigenvalue weighted by Crippen LogP contribution is -2.39. The fraction of sp³-hybridized carbons (Fsp3) is 0.467. The number of rotatable bonds is 7. The Morgan fingerprint density at radius 2 is 2.05 bits per heavy atom. The fourth-order valence-electron chi connectivity index (χ4n) is 1.67. The topological polar surface area (TPSA) is 93.5 Å². The summed E-state index contributed by atoms with van der Waals surface area (Å²) < 4.78 is 4.86. The molecule has 1 atom stereocenters. The Labute approximate surface area is 135 Å². The SMILES string of the molecule is COCCNC(=O)c1ccc(NC(=O)[C@@H](N)C(C)C)cc1Cl. The Kier molecular flexibility index (Phi) is 7.31. The highest BCUT2D eigenvalue weighted by Crippen LogP contribution is 2.21. The smallest absolute Gasteiger partial charge is 0.252 e. The molecule has 0 saturated heterocycles. The molecule has 4 N–H and O–H groups in total. The number of anilines is 1. The van der Waals surface area contributed by atoms with E-state index in [1.807, 2.05) is 13.8 Å². The third kappa shape index (κ3) is 5.29. The van der Waals surface area contributed by atoms with E-state index in [0.29, 0.717) is 24.4 Å². The first-order chi connectivity index (χ1) is 10.4. The lowest BCUT2D eigenvalue weighted by molar-refractivity contribution is -0.118. The van der Waals surface area contributed by atoms with Crippen LogP contribution in [0.3, 0.4) is 0 Å². The van der Waals surface area contributed by atoms with Gasteiger partial charge in [0.25, 0.3) is 5.91 Å². The summed E-state index contributed by atoms with van der Waals surface area (Å²) in [5, 5.41) is 5.62. The quantitative estimate of drug-likeness (QED) is 0.664. The maximum absolute atomic E-state index is 11.9. The van der Waals surface area contributed by atoms with Gasteiger partial charge in [0.2, 0.25) is 5.91 Å². The number of hydrogen-bond donors (Lipinski definition) is 3. The molecule has 0 aliphatic heterocycles. The van der Waals surface area contributed by atoms with Crippen molar-refractivity contribution in [2.45, 2.75) is 19.9 Å². The van der Waals surface area contributed by atoms with Crippen LogP contribution in [0, 0.1) is 5.92 Å². The lowest BCUT2D eigenvalue weighted by Gasteiger charge is -2.16. The molecule has 1 rings (SSSR count). The number of ether oxygens (including phenoxy) is 1. The molecule has 0 saturated carbocycles. The molecule has 2 amide bonds. The van der Waals surface area contributed by atoms with Crippen LogP contribution in [0.4, 0.5) is 5.69 Å². The third-order valence-corrected chi connectivity index (χ3v) is 3.41. The van der Waals surface area contributed by atoms with Gasteiger partial charge in [-0.3, -0.25) is 9.59 Å². The van der Waals surface area contributed by atoms with Crippen molar-refractivity contribution in [3.63, 3.8) is 0 Å². The average molecular weight is 328 g/mol. The molecule has 0 radical (unpaired) electrons. The van der Waals surface area contributed by atoms with E-state index in [2.05, 4.69) is 10.6 Å². The first-order valence-electron chi connectivity index (χ1n) is 7.00. The molecule has 0 aliphatic carbocycles. The molecule has 22 heavy (non-hydrogen) atoms. The number of amides is 2. The van der Waals surface area contributed by atoms with Crippen LogP contribution in [-0.4, -0.2) is 38.1 Å². The molecule has 0 unspecified atom stereocenters. The fourth-order valence-corrected chi connectivity index (χ4v) is 1.93. The molecule has 7 heteroatoms. The number of carbonyl (C=O) groups is 2. The summed E-state index contributed by atoms with van der Waals surface area (Å²) in [5.41, 5.74) is 6.61. The standard InChI is InChI=1S/C15H22ClN3O3/c1-9(2)13(17)15(21)19-10-4-5-11(12(16)8-10)14(20)18-6-7-22-3/h4-5,8-9,13H,6-7,17H2,1-3H3,(H,18,20)(H,19,21)/t13-/m0/s1. The van der Waals surface area contributed by atoms with Crippen LogP contribution in [-0.2, 0) is 9.53 Å². The number of hydrogen-bond acceptors (Lipinski definition) is 4. The van der Waals surface area contributed by atoms with Crippen LogP contribution in [0.25, 0.3) is 0 Å². The van der Waals surface area contributed by atoms with E-state index in [-0.39, 0.29) is 22.8 Å². The van der Waals surface area contributed by atoms with Gasteiger partial charge in [-0.25, -0.2) is 0 Å². The second-order valence-corrected chi connectivity index (χ2v) is 5.61. The minimum atomic E-state index is -0.601. The van der Waals surface area contributed by atoms with Gasteiger partial charge in [-0.05, 0) is 24.1 Å². The molecule has 1 aromatic rings. The Morgan fingerprint density at radius 3 is 2.59 bits per heavy atom. The van der Waals surface area contributed by atoms with Crippen LogP contribution in [0.2, 0.25) is 5.02 Å². The van der Waals surface area contributed by atoms with Crippen molar-refractivity contribution >= 4 is 29.1 Å². The number of nitrogens with one attached hydrogen (secondary N) is 2. The van der Waals surface area contributed by atoms with Crippen molar-refractivity contribution < 1.29 is 14.3 Å². The molecular formula is C15H22ClN3O3. The van der Waals surface area contributed by atoms with Crippen LogP contribution in [0.1, 0.15) is 24.2 Å². The second kappa shape index (κ2) is 8.73. The van der Waals surface area contributed by atoms with Crippen molar-refractivity contribution in [3.05, 3.63) is 28.8 Å². The summed E-state index contributed by atoms with van der Waals surface area (Å²) >= 11 is 6.09. The van der Waals surface area contributed by atoms with E-state index in [0.717, 1.165) is 0 Å². The van der Waals surface area contributed by atoms with E-state index in [9.17, 15) is 9.59 Å². The third-order valence-electron chi connectivity index (χ3n) is 3.09. The van der Waals surface area contributed by atoms with Gasteiger partial charge in [0.1, 0.15) is 0 Å². The molecule has 1 aromatic carbocycles. The minimum absolute atomic E-state index is 0.0290. The molecule has 0 aliphatic rings. The van der Waals surface area contributed by atoms with Crippen LogP contribution in [0.15, 0.2) is 18.2 Å². The van der Waals surface area contributed by atoms with E-state index < -0.39 is 6.04 Å². The highest BCUT2D eigenvalue weighted by molar-refractivity contribution is 6.34. The Bertz CT molecular complexity index is 535. The van der Waals surface area contributed by atoms with Crippen molar-refractivity contribution in [2.24, 2.45) is 11.7 Å². The minimum Gasteiger partial charge on any atom is -0.383 e. The van der Waals surface area contributed by atoms with Crippen molar-refractivity contribution in [2.75, 3.05) is 25.6 Å². The summed E-state index contributed by atoms with van der Waals surface area (Å²) in [6.07, 6.45) is 0. The lowest BCUT2D eigenvalue weighted by atomic mass is 10.0. The van der Waals surface area contributed by atoms with Crippen molar-refractivity contribution in [3.8, 4) is 0 Å². The highest BCUT2D eigenvalue weighted by Gasteiger charge is 2.18. The molecule has 0 heterocycles. The van der Waals surface area contributed by atoms with Crippen LogP contribution >= 0.6 is 11.6 Å². The van der Waals surface area contributed by atoms with Gasteiger partial charge in [0, 0.05) is 19.3 Å². The second-order valence-electron chi connectivity index (χ2n) is 5.20. The Hall–Kier alpha value is -1.63. The van der Waals surface area contributed by atoms with Gasteiger partial charge in [0.05, 0.1) is 23.2 Å². The summed E-state index contributed by atoms with van der Waals surface area (Å²) in [6, 6.07) is 4.09. The van der Waals surface area contributed by atoms with Crippen molar-refractivity contribution in [1.82, 2.24) is 5.32 Å².